The van der Waals surface area contributed by atoms with Crippen LogP contribution in [0.1, 0.15) is 52.0 Å². The third-order valence-electron chi connectivity index (χ3n) is 5.78. The lowest BCUT2D eigenvalue weighted by Gasteiger charge is -2.23. The van der Waals surface area contributed by atoms with Gasteiger partial charge in [-0.1, -0.05) is 44.2 Å². The fraction of sp³-hybridized carbons (Fsp3) is 0.556. The van der Waals surface area contributed by atoms with Crippen LogP contribution in [0, 0.1) is 5.92 Å². The molecule has 222 valence electrons. The third-order valence-corrected chi connectivity index (χ3v) is 5.78. The van der Waals surface area contributed by atoms with Gasteiger partial charge in [0.15, 0.2) is 0 Å². The van der Waals surface area contributed by atoms with Crippen molar-refractivity contribution in [3.05, 3.63) is 35.9 Å². The zero-order valence-corrected chi connectivity index (χ0v) is 23.3. The number of rotatable bonds is 18. The Bertz CT molecular complexity index is 1000. The summed E-state index contributed by atoms with van der Waals surface area (Å²) in [6.07, 6.45) is 1.74. The van der Waals surface area contributed by atoms with Crippen molar-refractivity contribution >= 4 is 35.5 Å². The Balaban J connectivity index is 2.88. The highest BCUT2D eigenvalue weighted by Gasteiger charge is 2.28. The lowest BCUT2D eigenvalue weighted by atomic mass is 10.0. The molecule has 1 aromatic carbocycles. The Morgan fingerprint density at radius 2 is 1.40 bits per heavy atom. The molecule has 1 rings (SSSR count). The van der Waals surface area contributed by atoms with Crippen molar-refractivity contribution in [1.29, 1.82) is 0 Å². The summed E-state index contributed by atoms with van der Waals surface area (Å²) in [5, 5.41) is 21.9. The van der Waals surface area contributed by atoms with Crippen molar-refractivity contribution in [2.24, 2.45) is 11.7 Å². The Hall–Kier alpha value is -4.00. The Labute approximate surface area is 234 Å². The topological polar surface area (TPSA) is 209 Å². The highest BCUT2D eigenvalue weighted by Crippen LogP contribution is 2.08. The van der Waals surface area contributed by atoms with Gasteiger partial charge in [-0.15, -0.1) is 0 Å². The minimum atomic E-state index is -1.18. The summed E-state index contributed by atoms with van der Waals surface area (Å²) in [6, 6.07) is 5.70. The van der Waals surface area contributed by atoms with Crippen LogP contribution in [0.4, 0.5) is 0 Å². The summed E-state index contributed by atoms with van der Waals surface area (Å²) < 4.78 is 0. The Morgan fingerprint density at radius 1 is 0.800 bits per heavy atom. The standard InChI is InChI=1S/C27H42N6O7/c1-17(2)13-22(27(39)40)33-26(38)21(14-19-9-5-4-6-10-19)32-24(36)16-30-25(37)20(11-7-8-12-28)31-23(35)15-29-18(3)34/h4-6,9-10,17,20-22H,7-8,11-16,28H2,1-3H3,(H,29,34)(H,30,37)(H,31,35)(H,32,36)(H,33,38)(H,39,40)/t20-,21-,22-/m0/s1. The summed E-state index contributed by atoms with van der Waals surface area (Å²) in [4.78, 5) is 73.4. The van der Waals surface area contributed by atoms with Gasteiger partial charge >= 0.3 is 5.97 Å². The molecule has 8 N–H and O–H groups in total. The largest absolute Gasteiger partial charge is 0.480 e. The van der Waals surface area contributed by atoms with E-state index < -0.39 is 60.2 Å². The van der Waals surface area contributed by atoms with E-state index in [0.717, 1.165) is 5.56 Å². The summed E-state index contributed by atoms with van der Waals surface area (Å²) in [5.41, 5.74) is 6.25. The van der Waals surface area contributed by atoms with Gasteiger partial charge in [-0.05, 0) is 43.7 Å². The van der Waals surface area contributed by atoms with Crippen LogP contribution in [0.3, 0.4) is 0 Å². The number of benzene rings is 1. The molecule has 0 aliphatic carbocycles. The van der Waals surface area contributed by atoms with Crippen LogP contribution < -0.4 is 32.3 Å². The summed E-state index contributed by atoms with van der Waals surface area (Å²) in [7, 11) is 0. The second kappa shape index (κ2) is 18.3. The van der Waals surface area contributed by atoms with Crippen LogP contribution in [0.25, 0.3) is 0 Å². The first kappa shape index (κ1) is 34.0. The molecule has 0 aliphatic rings. The predicted octanol–water partition coefficient (Wildman–Crippen LogP) is -0.804. The van der Waals surface area contributed by atoms with E-state index in [9.17, 15) is 33.9 Å². The van der Waals surface area contributed by atoms with Crippen molar-refractivity contribution in [1.82, 2.24) is 26.6 Å². The number of carboxylic acids is 1. The number of hydrogen-bond donors (Lipinski definition) is 7. The summed E-state index contributed by atoms with van der Waals surface area (Å²) in [6.45, 7) is 4.54. The van der Waals surface area contributed by atoms with E-state index in [4.69, 9.17) is 5.73 Å². The molecule has 13 nitrogen and oxygen atoms in total. The van der Waals surface area contributed by atoms with Crippen molar-refractivity contribution in [2.75, 3.05) is 19.6 Å². The normalized spacial score (nSPS) is 12.9. The first-order valence-electron chi connectivity index (χ1n) is 13.3. The van der Waals surface area contributed by atoms with Crippen LogP contribution in [-0.4, -0.2) is 78.4 Å². The van der Waals surface area contributed by atoms with Gasteiger partial charge in [0.05, 0.1) is 13.1 Å². The molecule has 5 amide bonds. The molecule has 0 fully saturated rings. The second-order valence-corrected chi connectivity index (χ2v) is 9.87. The zero-order chi connectivity index (χ0) is 30.1. The molecule has 0 radical (unpaired) electrons. The van der Waals surface area contributed by atoms with Gasteiger partial charge in [0.2, 0.25) is 29.5 Å². The number of nitrogens with two attached hydrogens (primary N) is 1. The highest BCUT2D eigenvalue weighted by molar-refractivity contribution is 5.94. The Morgan fingerprint density at radius 3 is 1.95 bits per heavy atom. The monoisotopic (exact) mass is 562 g/mol. The van der Waals surface area contributed by atoms with E-state index in [1.807, 2.05) is 13.8 Å². The number of amides is 5. The maximum atomic E-state index is 13.0. The molecule has 13 heteroatoms. The number of nitrogens with one attached hydrogen (secondary N) is 5. The SMILES string of the molecule is CC(=O)NCC(=O)N[C@@H](CCCCN)C(=O)NCC(=O)N[C@@H](Cc1ccccc1)C(=O)N[C@@H](CC(C)C)C(=O)O. The van der Waals surface area contributed by atoms with Gasteiger partial charge in [-0.2, -0.15) is 0 Å². The maximum Gasteiger partial charge on any atom is 0.326 e. The van der Waals surface area contributed by atoms with Crippen LogP contribution >= 0.6 is 0 Å². The number of unbranched alkanes of at least 4 members (excludes halogenated alkanes) is 1. The maximum absolute atomic E-state index is 13.0. The number of carboxylic acid groups (broad SMARTS) is 1. The van der Waals surface area contributed by atoms with Crippen molar-refractivity contribution in [3.63, 3.8) is 0 Å². The average molecular weight is 563 g/mol. The Kier molecular flexibility index (Phi) is 15.6. The molecule has 0 unspecified atom stereocenters. The van der Waals surface area contributed by atoms with Gasteiger partial charge < -0.3 is 37.4 Å². The molecule has 0 heterocycles. The minimum Gasteiger partial charge on any atom is -0.480 e. The van der Waals surface area contributed by atoms with Crippen molar-refractivity contribution in [2.45, 2.75) is 71.0 Å². The molecule has 0 aliphatic heterocycles. The van der Waals surface area contributed by atoms with Gasteiger partial charge in [0.25, 0.3) is 0 Å². The molecule has 0 aromatic heterocycles. The first-order chi connectivity index (χ1) is 18.9. The van der Waals surface area contributed by atoms with Crippen LogP contribution in [0.5, 0.6) is 0 Å². The van der Waals surface area contributed by atoms with Crippen LogP contribution in [-0.2, 0) is 35.2 Å². The molecule has 0 saturated heterocycles. The second-order valence-electron chi connectivity index (χ2n) is 9.87. The van der Waals surface area contributed by atoms with Gasteiger partial charge in [-0.3, -0.25) is 24.0 Å². The molecule has 3 atom stereocenters. The molecule has 0 spiro atoms. The quantitative estimate of drug-likeness (QED) is 0.112. The van der Waals surface area contributed by atoms with Gasteiger partial charge in [-0.25, -0.2) is 4.79 Å². The average Bonchev–Trinajstić information content (AvgIpc) is 2.89. The van der Waals surface area contributed by atoms with Crippen molar-refractivity contribution < 1.29 is 33.9 Å². The number of carbonyl (C=O) groups is 6. The van der Waals surface area contributed by atoms with Crippen LogP contribution in [0.2, 0.25) is 0 Å². The van der Waals surface area contributed by atoms with E-state index in [2.05, 4.69) is 26.6 Å². The van der Waals surface area contributed by atoms with Gasteiger partial charge in [0.1, 0.15) is 18.1 Å². The zero-order valence-electron chi connectivity index (χ0n) is 23.3. The minimum absolute atomic E-state index is 0.00954. The molecule has 0 bridgehead atoms. The lowest BCUT2D eigenvalue weighted by Crippen LogP contribution is -2.55. The third kappa shape index (κ3) is 14.2. The van der Waals surface area contributed by atoms with E-state index in [1.165, 1.54) is 6.92 Å². The lowest BCUT2D eigenvalue weighted by molar-refractivity contribution is -0.142. The highest BCUT2D eigenvalue weighted by atomic mass is 16.4. The van der Waals surface area contributed by atoms with E-state index in [0.29, 0.717) is 19.4 Å². The van der Waals surface area contributed by atoms with Crippen molar-refractivity contribution in [3.8, 4) is 0 Å². The van der Waals surface area contributed by atoms with E-state index in [1.54, 1.807) is 30.3 Å². The molecule has 0 saturated carbocycles. The van der Waals surface area contributed by atoms with Crippen LogP contribution in [0.15, 0.2) is 30.3 Å². The summed E-state index contributed by atoms with van der Waals surface area (Å²) >= 11 is 0. The smallest absolute Gasteiger partial charge is 0.326 e. The molecule has 40 heavy (non-hydrogen) atoms. The number of carbonyl (C=O) groups excluding carboxylic acids is 5. The molecule has 1 aromatic rings. The van der Waals surface area contributed by atoms with E-state index >= 15 is 0 Å². The number of aliphatic carboxylic acids is 1. The molecular weight excluding hydrogens is 520 g/mol. The molecular formula is C27H42N6O7. The number of hydrogen-bond acceptors (Lipinski definition) is 7. The fourth-order valence-corrected chi connectivity index (χ4v) is 3.77. The fourth-order valence-electron chi connectivity index (χ4n) is 3.77. The first-order valence-corrected chi connectivity index (χ1v) is 13.3. The predicted molar refractivity (Wildman–Crippen MR) is 148 cm³/mol. The van der Waals surface area contributed by atoms with E-state index in [-0.39, 0.29) is 31.7 Å². The van der Waals surface area contributed by atoms with Gasteiger partial charge in [0, 0.05) is 13.3 Å². The summed E-state index contributed by atoms with van der Waals surface area (Å²) in [5.74, 6) is -4.09.